The van der Waals surface area contributed by atoms with Gasteiger partial charge >= 0.3 is 5.69 Å². The van der Waals surface area contributed by atoms with E-state index < -0.39 is 0 Å². The Kier molecular flexibility index (Phi) is 5.03. The molecule has 1 atom stereocenters. The standard InChI is InChI=1S/C16H19FN4O2S/c1-10(24-16-20-19-15(23)21(16)13-6-7-13)14(22)18-9-8-11-2-4-12(17)5-3-11/h2-5,10,13H,6-9H2,1H3,(H,18,22)(H,19,23)/t10-/m1/s1. The molecular formula is C16H19FN4O2S. The average molecular weight is 350 g/mol. The number of thioether (sulfide) groups is 1. The molecule has 1 aliphatic rings. The molecule has 2 N–H and O–H groups in total. The number of halogens is 1. The number of amides is 1. The predicted molar refractivity (Wildman–Crippen MR) is 89.6 cm³/mol. The number of aromatic nitrogens is 3. The van der Waals surface area contributed by atoms with E-state index in [4.69, 9.17) is 0 Å². The Morgan fingerprint density at radius 1 is 1.46 bits per heavy atom. The Morgan fingerprint density at radius 3 is 2.83 bits per heavy atom. The van der Waals surface area contributed by atoms with Crippen LogP contribution in [0, 0.1) is 5.82 Å². The maximum atomic E-state index is 12.8. The van der Waals surface area contributed by atoms with Crippen molar-refractivity contribution in [3.8, 4) is 0 Å². The van der Waals surface area contributed by atoms with E-state index in [9.17, 15) is 14.0 Å². The van der Waals surface area contributed by atoms with Crippen molar-refractivity contribution < 1.29 is 9.18 Å². The lowest BCUT2D eigenvalue weighted by molar-refractivity contribution is -0.120. The first-order valence-electron chi connectivity index (χ1n) is 7.90. The van der Waals surface area contributed by atoms with Crippen LogP contribution in [0.1, 0.15) is 31.4 Å². The highest BCUT2D eigenvalue weighted by Gasteiger charge is 2.30. The van der Waals surface area contributed by atoms with Gasteiger partial charge in [0, 0.05) is 12.6 Å². The molecule has 24 heavy (non-hydrogen) atoms. The second kappa shape index (κ2) is 7.21. The van der Waals surface area contributed by atoms with Gasteiger partial charge in [0.25, 0.3) is 0 Å². The summed E-state index contributed by atoms with van der Waals surface area (Å²) in [5.74, 6) is -0.381. The molecule has 8 heteroatoms. The minimum absolute atomic E-state index is 0.111. The molecule has 1 heterocycles. The highest BCUT2D eigenvalue weighted by atomic mass is 32.2. The smallest absolute Gasteiger partial charge is 0.344 e. The van der Waals surface area contributed by atoms with Gasteiger partial charge in [-0.05, 0) is 43.9 Å². The van der Waals surface area contributed by atoms with Crippen molar-refractivity contribution in [2.45, 2.75) is 42.6 Å². The van der Waals surface area contributed by atoms with Crippen LogP contribution in [0.5, 0.6) is 0 Å². The van der Waals surface area contributed by atoms with Gasteiger partial charge in [0.1, 0.15) is 5.82 Å². The van der Waals surface area contributed by atoms with Crippen LogP contribution >= 0.6 is 11.8 Å². The zero-order valence-corrected chi connectivity index (χ0v) is 14.1. The number of carbonyl (C=O) groups excluding carboxylic acids is 1. The van der Waals surface area contributed by atoms with Gasteiger partial charge in [-0.2, -0.15) is 0 Å². The van der Waals surface area contributed by atoms with Gasteiger partial charge < -0.3 is 5.32 Å². The van der Waals surface area contributed by atoms with Gasteiger partial charge in [-0.1, -0.05) is 23.9 Å². The molecule has 128 valence electrons. The molecule has 0 unspecified atom stereocenters. The first-order valence-corrected chi connectivity index (χ1v) is 8.78. The van der Waals surface area contributed by atoms with Crippen molar-refractivity contribution in [1.82, 2.24) is 20.1 Å². The molecule has 1 aromatic heterocycles. The van der Waals surface area contributed by atoms with E-state index in [2.05, 4.69) is 15.5 Å². The molecule has 1 aliphatic carbocycles. The van der Waals surface area contributed by atoms with Crippen LogP contribution in [0.2, 0.25) is 0 Å². The van der Waals surface area contributed by atoms with Crippen LogP contribution in [0.4, 0.5) is 4.39 Å². The van der Waals surface area contributed by atoms with E-state index in [0.29, 0.717) is 18.1 Å². The first-order chi connectivity index (χ1) is 11.5. The molecule has 1 saturated carbocycles. The van der Waals surface area contributed by atoms with Crippen molar-refractivity contribution in [1.29, 1.82) is 0 Å². The predicted octanol–water partition coefficient (Wildman–Crippen LogP) is 1.88. The minimum atomic E-state index is -0.356. The number of nitrogens with zero attached hydrogens (tertiary/aromatic N) is 2. The van der Waals surface area contributed by atoms with E-state index in [1.165, 1.54) is 23.9 Å². The fourth-order valence-electron chi connectivity index (χ4n) is 2.36. The van der Waals surface area contributed by atoms with Gasteiger partial charge in [0.2, 0.25) is 5.91 Å². The highest BCUT2D eigenvalue weighted by molar-refractivity contribution is 8.00. The number of carbonyl (C=O) groups is 1. The van der Waals surface area contributed by atoms with Crippen molar-refractivity contribution in [3.05, 3.63) is 46.1 Å². The van der Waals surface area contributed by atoms with Crippen LogP contribution in [0.15, 0.2) is 34.2 Å². The van der Waals surface area contributed by atoms with Crippen LogP contribution in [-0.4, -0.2) is 32.5 Å². The minimum Gasteiger partial charge on any atom is -0.355 e. The van der Waals surface area contributed by atoms with Gasteiger partial charge in [-0.25, -0.2) is 14.3 Å². The third-order valence-corrected chi connectivity index (χ3v) is 4.93. The Balaban J connectivity index is 1.50. The van der Waals surface area contributed by atoms with E-state index in [-0.39, 0.29) is 28.7 Å². The summed E-state index contributed by atoms with van der Waals surface area (Å²) >= 11 is 1.27. The topological polar surface area (TPSA) is 79.8 Å². The van der Waals surface area contributed by atoms with Crippen LogP contribution in [0.3, 0.4) is 0 Å². The molecule has 0 saturated heterocycles. The van der Waals surface area contributed by atoms with Gasteiger partial charge in [-0.3, -0.25) is 9.36 Å². The number of nitrogens with one attached hydrogen (secondary N) is 2. The van der Waals surface area contributed by atoms with E-state index >= 15 is 0 Å². The van der Waals surface area contributed by atoms with E-state index in [1.54, 1.807) is 23.6 Å². The van der Waals surface area contributed by atoms with Crippen molar-refractivity contribution in [3.63, 3.8) is 0 Å². The Labute approximate surface area is 142 Å². The maximum Gasteiger partial charge on any atom is 0.344 e. The number of rotatable bonds is 7. The number of H-pyrrole nitrogens is 1. The summed E-state index contributed by atoms with van der Waals surface area (Å²) in [4.78, 5) is 23.9. The Morgan fingerprint density at radius 2 is 2.17 bits per heavy atom. The van der Waals surface area contributed by atoms with Gasteiger partial charge in [0.15, 0.2) is 5.16 Å². The molecule has 1 aromatic carbocycles. The summed E-state index contributed by atoms with van der Waals surface area (Å²) in [6.07, 6.45) is 2.59. The molecule has 0 radical (unpaired) electrons. The average Bonchev–Trinajstić information content (AvgIpc) is 3.33. The highest BCUT2D eigenvalue weighted by Crippen LogP contribution is 2.36. The summed E-state index contributed by atoms with van der Waals surface area (Å²) in [6.45, 7) is 2.26. The lowest BCUT2D eigenvalue weighted by atomic mass is 10.1. The molecule has 0 bridgehead atoms. The second-order valence-electron chi connectivity index (χ2n) is 5.84. The van der Waals surface area contributed by atoms with Gasteiger partial charge in [-0.15, -0.1) is 5.10 Å². The molecule has 3 rings (SSSR count). The largest absolute Gasteiger partial charge is 0.355 e. The zero-order valence-electron chi connectivity index (χ0n) is 13.3. The fraction of sp³-hybridized carbons (Fsp3) is 0.438. The maximum absolute atomic E-state index is 12.8. The van der Waals surface area contributed by atoms with E-state index in [0.717, 1.165) is 18.4 Å². The second-order valence-corrected chi connectivity index (χ2v) is 7.15. The third kappa shape index (κ3) is 4.05. The molecule has 1 fully saturated rings. The zero-order chi connectivity index (χ0) is 17.1. The normalized spacial score (nSPS) is 15.2. The SMILES string of the molecule is C[C@@H](Sc1n[nH]c(=O)n1C1CC1)C(=O)NCCc1ccc(F)cc1. The molecule has 0 aliphatic heterocycles. The van der Waals surface area contributed by atoms with E-state index in [1.807, 2.05) is 0 Å². The molecular weight excluding hydrogens is 331 g/mol. The molecule has 0 spiro atoms. The summed E-state index contributed by atoms with van der Waals surface area (Å²) in [6, 6.07) is 6.44. The number of hydrogen-bond donors (Lipinski definition) is 2. The monoisotopic (exact) mass is 350 g/mol. The Hall–Kier alpha value is -2.09. The Bertz CT molecular complexity index is 767. The van der Waals surface area contributed by atoms with Crippen molar-refractivity contribution in [2.24, 2.45) is 0 Å². The van der Waals surface area contributed by atoms with Crippen molar-refractivity contribution in [2.75, 3.05) is 6.54 Å². The lowest BCUT2D eigenvalue weighted by Gasteiger charge is -2.12. The molecule has 2 aromatic rings. The van der Waals surface area contributed by atoms with Crippen LogP contribution < -0.4 is 11.0 Å². The summed E-state index contributed by atoms with van der Waals surface area (Å²) in [7, 11) is 0. The van der Waals surface area contributed by atoms with Crippen LogP contribution in [0.25, 0.3) is 0 Å². The third-order valence-electron chi connectivity index (χ3n) is 3.86. The summed E-state index contributed by atoms with van der Waals surface area (Å²) in [5, 5.41) is 9.52. The number of hydrogen-bond acceptors (Lipinski definition) is 4. The fourth-order valence-corrected chi connectivity index (χ4v) is 3.32. The summed E-state index contributed by atoms with van der Waals surface area (Å²) in [5.41, 5.74) is 0.746. The quantitative estimate of drug-likeness (QED) is 0.748. The molecule has 1 amide bonds. The van der Waals surface area contributed by atoms with Crippen LogP contribution in [-0.2, 0) is 11.2 Å². The lowest BCUT2D eigenvalue weighted by Crippen LogP contribution is -2.32. The van der Waals surface area contributed by atoms with Gasteiger partial charge in [0.05, 0.1) is 5.25 Å². The first kappa shape index (κ1) is 16.8. The number of aromatic amines is 1. The number of benzene rings is 1. The molecule has 6 nitrogen and oxygen atoms in total. The summed E-state index contributed by atoms with van der Waals surface area (Å²) < 4.78 is 14.5. The van der Waals surface area contributed by atoms with Crippen molar-refractivity contribution >= 4 is 17.7 Å².